The van der Waals surface area contributed by atoms with Crippen molar-refractivity contribution < 1.29 is 15.0 Å². The van der Waals surface area contributed by atoms with Gasteiger partial charge in [-0.3, -0.25) is 4.79 Å². The Morgan fingerprint density at radius 2 is 2.06 bits per heavy atom. The fourth-order valence-corrected chi connectivity index (χ4v) is 1.29. The van der Waals surface area contributed by atoms with E-state index in [4.69, 9.17) is 15.9 Å². The zero-order valence-corrected chi connectivity index (χ0v) is 9.10. The molecule has 0 aliphatic heterocycles. The SMILES string of the molecule is Cc1cccc(C(=O)NC(CO)CO)c1N. The number of anilines is 1. The van der Waals surface area contributed by atoms with Crippen LogP contribution in [-0.4, -0.2) is 35.4 Å². The Balaban J connectivity index is 2.84. The molecule has 0 unspecified atom stereocenters. The van der Waals surface area contributed by atoms with Crippen molar-refractivity contribution in [2.75, 3.05) is 18.9 Å². The van der Waals surface area contributed by atoms with Gasteiger partial charge < -0.3 is 21.3 Å². The minimum absolute atomic E-state index is 0.312. The molecular weight excluding hydrogens is 208 g/mol. The van der Waals surface area contributed by atoms with Crippen molar-refractivity contribution in [1.82, 2.24) is 5.32 Å². The average molecular weight is 224 g/mol. The first-order valence-electron chi connectivity index (χ1n) is 4.97. The predicted molar refractivity (Wildman–Crippen MR) is 61.0 cm³/mol. The van der Waals surface area contributed by atoms with Gasteiger partial charge in [-0.25, -0.2) is 0 Å². The summed E-state index contributed by atoms with van der Waals surface area (Å²) in [6.45, 7) is 1.18. The van der Waals surface area contributed by atoms with E-state index in [0.717, 1.165) is 5.56 Å². The maximum absolute atomic E-state index is 11.7. The van der Waals surface area contributed by atoms with Gasteiger partial charge in [-0.05, 0) is 18.6 Å². The van der Waals surface area contributed by atoms with Gasteiger partial charge in [-0.2, -0.15) is 0 Å². The molecule has 0 saturated carbocycles. The second-order valence-corrected chi connectivity index (χ2v) is 3.57. The van der Waals surface area contributed by atoms with Crippen molar-refractivity contribution in [3.05, 3.63) is 29.3 Å². The molecule has 5 nitrogen and oxygen atoms in total. The largest absolute Gasteiger partial charge is 0.398 e. The molecule has 0 bridgehead atoms. The number of hydrogen-bond acceptors (Lipinski definition) is 4. The monoisotopic (exact) mass is 224 g/mol. The molecule has 0 aromatic heterocycles. The molecule has 88 valence electrons. The van der Waals surface area contributed by atoms with E-state index in [2.05, 4.69) is 5.32 Å². The number of carbonyl (C=O) groups is 1. The van der Waals surface area contributed by atoms with Gasteiger partial charge in [0, 0.05) is 5.69 Å². The minimum atomic E-state index is -0.660. The van der Waals surface area contributed by atoms with Crippen LogP contribution in [0.2, 0.25) is 0 Å². The highest BCUT2D eigenvalue weighted by Gasteiger charge is 2.14. The van der Waals surface area contributed by atoms with Crippen LogP contribution in [0.3, 0.4) is 0 Å². The van der Waals surface area contributed by atoms with Crippen LogP contribution in [0, 0.1) is 6.92 Å². The highest BCUT2D eigenvalue weighted by Crippen LogP contribution is 2.16. The van der Waals surface area contributed by atoms with E-state index < -0.39 is 11.9 Å². The van der Waals surface area contributed by atoms with Gasteiger partial charge in [0.05, 0.1) is 24.8 Å². The lowest BCUT2D eigenvalue weighted by atomic mass is 10.1. The summed E-state index contributed by atoms with van der Waals surface area (Å²) in [5, 5.41) is 20.2. The second kappa shape index (κ2) is 5.48. The second-order valence-electron chi connectivity index (χ2n) is 3.57. The van der Waals surface area contributed by atoms with Gasteiger partial charge in [0.1, 0.15) is 0 Å². The first-order valence-corrected chi connectivity index (χ1v) is 4.97. The van der Waals surface area contributed by atoms with Crippen LogP contribution in [0.25, 0.3) is 0 Å². The molecule has 0 saturated heterocycles. The lowest BCUT2D eigenvalue weighted by molar-refractivity contribution is 0.0880. The third-order valence-corrected chi connectivity index (χ3v) is 2.34. The van der Waals surface area contributed by atoms with Crippen LogP contribution in [0.5, 0.6) is 0 Å². The van der Waals surface area contributed by atoms with Gasteiger partial charge in [0.25, 0.3) is 5.91 Å². The molecule has 1 amide bonds. The van der Waals surface area contributed by atoms with E-state index in [1.165, 1.54) is 0 Å². The lowest BCUT2D eigenvalue weighted by Crippen LogP contribution is -2.40. The van der Waals surface area contributed by atoms with Crippen LogP contribution in [0.4, 0.5) is 5.69 Å². The Kier molecular flexibility index (Phi) is 4.28. The van der Waals surface area contributed by atoms with Crippen LogP contribution in [-0.2, 0) is 0 Å². The number of aliphatic hydroxyl groups is 2. The van der Waals surface area contributed by atoms with Crippen molar-refractivity contribution in [3.8, 4) is 0 Å². The number of amides is 1. The van der Waals surface area contributed by atoms with Crippen LogP contribution < -0.4 is 11.1 Å². The van der Waals surface area contributed by atoms with Gasteiger partial charge in [-0.15, -0.1) is 0 Å². The first-order chi connectivity index (χ1) is 7.60. The number of nitrogens with two attached hydrogens (primary N) is 1. The van der Waals surface area contributed by atoms with E-state index >= 15 is 0 Å². The summed E-state index contributed by atoms with van der Waals surface area (Å²) in [5.41, 5.74) is 7.34. The van der Waals surface area contributed by atoms with Gasteiger partial charge in [0.15, 0.2) is 0 Å². The summed E-state index contributed by atoms with van der Waals surface area (Å²) in [7, 11) is 0. The highest BCUT2D eigenvalue weighted by atomic mass is 16.3. The maximum Gasteiger partial charge on any atom is 0.253 e. The van der Waals surface area contributed by atoms with E-state index in [-0.39, 0.29) is 13.2 Å². The summed E-state index contributed by atoms with van der Waals surface area (Å²) >= 11 is 0. The average Bonchev–Trinajstić information content (AvgIpc) is 2.29. The molecule has 5 N–H and O–H groups in total. The number of aryl methyl sites for hydroxylation is 1. The highest BCUT2D eigenvalue weighted by molar-refractivity contribution is 5.99. The number of aliphatic hydroxyl groups excluding tert-OH is 2. The quantitative estimate of drug-likeness (QED) is 0.526. The van der Waals surface area contributed by atoms with Gasteiger partial charge >= 0.3 is 0 Å². The van der Waals surface area contributed by atoms with Gasteiger partial charge in [0.2, 0.25) is 0 Å². The van der Waals surface area contributed by atoms with E-state index in [1.54, 1.807) is 12.1 Å². The number of para-hydroxylation sites is 1. The molecule has 1 rings (SSSR count). The third kappa shape index (κ3) is 2.71. The first kappa shape index (κ1) is 12.5. The molecule has 0 aliphatic rings. The normalized spacial score (nSPS) is 10.5. The van der Waals surface area contributed by atoms with Crippen LogP contribution in [0.1, 0.15) is 15.9 Å². The van der Waals surface area contributed by atoms with E-state index in [9.17, 15) is 4.79 Å². The van der Waals surface area contributed by atoms with Crippen molar-refractivity contribution in [3.63, 3.8) is 0 Å². The van der Waals surface area contributed by atoms with E-state index in [1.807, 2.05) is 13.0 Å². The summed E-state index contributed by atoms with van der Waals surface area (Å²) < 4.78 is 0. The molecule has 0 heterocycles. The number of nitrogen functional groups attached to an aromatic ring is 1. The fourth-order valence-electron chi connectivity index (χ4n) is 1.29. The molecule has 0 fully saturated rings. The Hall–Kier alpha value is -1.59. The smallest absolute Gasteiger partial charge is 0.253 e. The molecule has 1 aromatic carbocycles. The lowest BCUT2D eigenvalue weighted by Gasteiger charge is -2.14. The molecule has 0 spiro atoms. The topological polar surface area (TPSA) is 95.6 Å². The van der Waals surface area contributed by atoms with Crippen molar-refractivity contribution in [2.24, 2.45) is 0 Å². The Bertz CT molecular complexity index is 375. The fraction of sp³-hybridized carbons (Fsp3) is 0.364. The maximum atomic E-state index is 11.7. The summed E-state index contributed by atoms with van der Waals surface area (Å²) in [4.78, 5) is 11.7. The Morgan fingerprint density at radius 3 is 2.62 bits per heavy atom. The molecule has 0 atom stereocenters. The molecular formula is C11H16N2O3. The Labute approximate surface area is 93.9 Å². The zero-order valence-electron chi connectivity index (χ0n) is 9.10. The number of rotatable bonds is 4. The van der Waals surface area contributed by atoms with Crippen LogP contribution >= 0.6 is 0 Å². The molecule has 0 aliphatic carbocycles. The van der Waals surface area contributed by atoms with E-state index in [0.29, 0.717) is 11.3 Å². The number of hydrogen-bond donors (Lipinski definition) is 4. The molecule has 1 aromatic rings. The summed E-state index contributed by atoms with van der Waals surface area (Å²) in [5.74, 6) is -0.394. The predicted octanol–water partition coefficient (Wildman–Crippen LogP) is -0.340. The third-order valence-electron chi connectivity index (χ3n) is 2.34. The standard InChI is InChI=1S/C11H16N2O3/c1-7-3-2-4-9(10(7)12)11(16)13-8(5-14)6-15/h2-4,8,14-15H,5-6,12H2,1H3,(H,13,16). The summed E-state index contributed by atoms with van der Waals surface area (Å²) in [6, 6.07) is 4.48. The number of carbonyl (C=O) groups excluding carboxylic acids is 1. The van der Waals surface area contributed by atoms with Crippen molar-refractivity contribution >= 4 is 11.6 Å². The molecule has 16 heavy (non-hydrogen) atoms. The number of benzene rings is 1. The molecule has 0 radical (unpaired) electrons. The minimum Gasteiger partial charge on any atom is -0.398 e. The van der Waals surface area contributed by atoms with Gasteiger partial charge in [-0.1, -0.05) is 12.1 Å². The van der Waals surface area contributed by atoms with Crippen molar-refractivity contribution in [2.45, 2.75) is 13.0 Å². The zero-order chi connectivity index (χ0) is 12.1. The molecule has 5 heteroatoms. The Morgan fingerprint density at radius 1 is 1.44 bits per heavy atom. The summed E-state index contributed by atoms with van der Waals surface area (Å²) in [6.07, 6.45) is 0. The van der Waals surface area contributed by atoms with Crippen LogP contribution in [0.15, 0.2) is 18.2 Å². The van der Waals surface area contributed by atoms with Crippen molar-refractivity contribution in [1.29, 1.82) is 0 Å². The number of nitrogens with one attached hydrogen (secondary N) is 1.